The van der Waals surface area contributed by atoms with Gasteiger partial charge in [-0.25, -0.2) is 0 Å². The number of Topliss-reactive ketones (excluding diaryl/α,β-unsaturated/α-hetero) is 1. The summed E-state index contributed by atoms with van der Waals surface area (Å²) in [5.74, 6) is 1.98. The molecule has 0 bridgehead atoms. The smallest absolute Gasteiger partial charge is 0.139 e. The minimum Gasteiger partial charge on any atom is -0.378 e. The molecular formula is C41H70O4. The molecular weight excluding hydrogens is 556 g/mol. The highest BCUT2D eigenvalue weighted by atomic mass is 16.6. The maximum absolute atomic E-state index is 13.9. The number of ether oxygens (including phenoxy) is 3. The van der Waals surface area contributed by atoms with Crippen molar-refractivity contribution >= 4 is 5.78 Å². The lowest BCUT2D eigenvalue weighted by Gasteiger charge is -2.72. The molecule has 4 heteroatoms. The molecule has 0 spiro atoms. The van der Waals surface area contributed by atoms with Crippen molar-refractivity contribution in [3.63, 3.8) is 0 Å². The topological polar surface area (TPSA) is 44.8 Å². The molecule has 4 fully saturated rings. The molecule has 4 nitrogen and oxygen atoms in total. The minimum atomic E-state index is -0.144. The molecule has 10 atom stereocenters. The third-order valence-corrected chi connectivity index (χ3v) is 14.8. The van der Waals surface area contributed by atoms with Gasteiger partial charge in [-0.1, -0.05) is 60.1 Å². The first-order valence-electron chi connectivity index (χ1n) is 19.0. The molecule has 4 unspecified atom stereocenters. The molecule has 4 saturated carbocycles. The van der Waals surface area contributed by atoms with E-state index in [0.29, 0.717) is 36.6 Å². The van der Waals surface area contributed by atoms with Crippen molar-refractivity contribution < 1.29 is 19.0 Å². The fourth-order valence-electron chi connectivity index (χ4n) is 12.5. The highest BCUT2D eigenvalue weighted by Crippen LogP contribution is 2.76. The van der Waals surface area contributed by atoms with E-state index < -0.39 is 0 Å². The van der Waals surface area contributed by atoms with E-state index in [1.165, 1.54) is 19.3 Å². The summed E-state index contributed by atoms with van der Waals surface area (Å²) in [7, 11) is 0. The molecule has 5 aliphatic carbocycles. The summed E-state index contributed by atoms with van der Waals surface area (Å²) in [6, 6.07) is 0. The van der Waals surface area contributed by atoms with Gasteiger partial charge in [0, 0.05) is 17.3 Å². The fourth-order valence-corrected chi connectivity index (χ4v) is 12.5. The van der Waals surface area contributed by atoms with E-state index in [4.69, 9.17) is 14.2 Å². The summed E-state index contributed by atoms with van der Waals surface area (Å²) in [5.41, 5.74) is 2.07. The number of hydrogen-bond acceptors (Lipinski definition) is 4. The molecule has 5 rings (SSSR count). The first-order chi connectivity index (χ1) is 20.8. The van der Waals surface area contributed by atoms with Crippen LogP contribution in [0.4, 0.5) is 0 Å². The van der Waals surface area contributed by atoms with Gasteiger partial charge in [0.15, 0.2) is 0 Å². The van der Waals surface area contributed by atoms with Gasteiger partial charge in [0.25, 0.3) is 0 Å². The van der Waals surface area contributed by atoms with Gasteiger partial charge < -0.3 is 14.2 Å². The first kappa shape index (κ1) is 35.6. The Bertz CT molecular complexity index is 1140. The van der Waals surface area contributed by atoms with Crippen molar-refractivity contribution in [2.45, 2.75) is 185 Å². The summed E-state index contributed by atoms with van der Waals surface area (Å²) < 4.78 is 20.3. The predicted octanol–water partition coefficient (Wildman–Crippen LogP) is 10.4. The lowest BCUT2D eigenvalue weighted by atomic mass is 9.33. The zero-order valence-corrected chi connectivity index (χ0v) is 31.6. The summed E-state index contributed by atoms with van der Waals surface area (Å²) in [6.45, 7) is 31.2. The average Bonchev–Trinajstić information content (AvgIpc) is 2.93. The van der Waals surface area contributed by atoms with E-state index in [1.807, 2.05) is 0 Å². The zero-order valence-electron chi connectivity index (χ0n) is 31.6. The van der Waals surface area contributed by atoms with Crippen LogP contribution in [0.1, 0.15) is 154 Å². The van der Waals surface area contributed by atoms with Gasteiger partial charge in [-0.2, -0.15) is 0 Å². The van der Waals surface area contributed by atoms with Crippen LogP contribution in [-0.4, -0.2) is 42.9 Å². The normalized spacial score (nSPS) is 45.9. The van der Waals surface area contributed by atoms with Crippen molar-refractivity contribution in [2.75, 3.05) is 6.61 Å². The monoisotopic (exact) mass is 627 g/mol. The Kier molecular flexibility index (Phi) is 9.50. The lowest BCUT2D eigenvalue weighted by molar-refractivity contribution is -0.275. The number of carbonyl (C=O) groups excluding carboxylic acids is 1. The average molecular weight is 627 g/mol. The van der Waals surface area contributed by atoms with Gasteiger partial charge in [0.1, 0.15) is 5.78 Å². The van der Waals surface area contributed by atoms with Crippen LogP contribution in [-0.2, 0) is 19.0 Å². The Morgan fingerprint density at radius 1 is 0.822 bits per heavy atom. The Hall–Kier alpha value is -0.710. The van der Waals surface area contributed by atoms with Crippen molar-refractivity contribution in [3.05, 3.63) is 11.6 Å². The van der Waals surface area contributed by atoms with E-state index in [0.717, 1.165) is 38.5 Å². The van der Waals surface area contributed by atoms with E-state index >= 15 is 0 Å². The van der Waals surface area contributed by atoms with Gasteiger partial charge in [-0.15, -0.1) is 0 Å². The summed E-state index contributed by atoms with van der Waals surface area (Å²) in [4.78, 5) is 13.9. The third-order valence-electron chi connectivity index (χ3n) is 14.8. The standard InChI is InChI=1S/C41H70O4/c1-14-34(42)41-21-19-36(8,9)23-30(41)29-15-16-33-37(10)24-31(44-27(4)5)35(45-28(6)7)38(11,25-43-26(2)3)32(37)17-18-40(33,13)39(29,12)20-22-41/h15,26-28,30-33,35H,14,16-25H2,1-13H3/t30-,31?,32?,33-,35?,37-,38?,39+,40+,41-/m0/s1. The van der Waals surface area contributed by atoms with Gasteiger partial charge >= 0.3 is 0 Å². The van der Waals surface area contributed by atoms with Crippen LogP contribution in [0.2, 0.25) is 0 Å². The molecule has 0 aromatic carbocycles. The third kappa shape index (κ3) is 5.55. The lowest BCUT2D eigenvalue weighted by Crippen LogP contribution is -2.69. The van der Waals surface area contributed by atoms with Crippen LogP contribution >= 0.6 is 0 Å². The van der Waals surface area contributed by atoms with Crippen LogP contribution in [0.15, 0.2) is 11.6 Å². The second kappa shape index (κ2) is 12.0. The van der Waals surface area contributed by atoms with Crippen LogP contribution in [0, 0.1) is 50.2 Å². The van der Waals surface area contributed by atoms with E-state index in [-0.39, 0.29) is 63.0 Å². The second-order valence-electron chi connectivity index (χ2n) is 19.0. The van der Waals surface area contributed by atoms with Crippen molar-refractivity contribution in [1.82, 2.24) is 0 Å². The summed E-state index contributed by atoms with van der Waals surface area (Å²) in [5, 5.41) is 0. The minimum absolute atomic E-state index is 0.00573. The Morgan fingerprint density at radius 3 is 2.07 bits per heavy atom. The maximum atomic E-state index is 13.9. The second-order valence-corrected chi connectivity index (χ2v) is 19.0. The Labute approximate surface area is 277 Å². The van der Waals surface area contributed by atoms with Gasteiger partial charge in [0.05, 0.1) is 37.1 Å². The van der Waals surface area contributed by atoms with Gasteiger partial charge in [0.2, 0.25) is 0 Å². The van der Waals surface area contributed by atoms with E-state index in [9.17, 15) is 4.79 Å². The number of hydrogen-bond donors (Lipinski definition) is 0. The summed E-state index contributed by atoms with van der Waals surface area (Å²) in [6.07, 6.45) is 14.1. The van der Waals surface area contributed by atoms with Crippen molar-refractivity contribution in [1.29, 1.82) is 0 Å². The number of ketones is 1. The molecule has 0 aromatic heterocycles. The number of carbonyl (C=O) groups is 1. The molecule has 0 heterocycles. The van der Waals surface area contributed by atoms with Crippen LogP contribution < -0.4 is 0 Å². The summed E-state index contributed by atoms with van der Waals surface area (Å²) >= 11 is 0. The van der Waals surface area contributed by atoms with Crippen LogP contribution in [0.3, 0.4) is 0 Å². The molecule has 258 valence electrons. The zero-order chi connectivity index (χ0) is 33.4. The number of fused-ring (bicyclic) bond motifs is 7. The molecule has 45 heavy (non-hydrogen) atoms. The molecule has 0 radical (unpaired) electrons. The number of allylic oxidation sites excluding steroid dienone is 2. The Morgan fingerprint density at radius 2 is 1.47 bits per heavy atom. The highest BCUT2D eigenvalue weighted by Gasteiger charge is 2.71. The van der Waals surface area contributed by atoms with Crippen molar-refractivity contribution in [3.8, 4) is 0 Å². The molecule has 0 aromatic rings. The molecule has 0 amide bonds. The quantitative estimate of drug-likeness (QED) is 0.239. The molecule has 0 N–H and O–H groups in total. The molecule has 5 aliphatic rings. The maximum Gasteiger partial charge on any atom is 0.139 e. The van der Waals surface area contributed by atoms with Crippen LogP contribution in [0.5, 0.6) is 0 Å². The fraction of sp³-hybridized carbons (Fsp3) is 0.927. The van der Waals surface area contributed by atoms with Crippen LogP contribution in [0.25, 0.3) is 0 Å². The number of rotatable bonds is 9. The van der Waals surface area contributed by atoms with E-state index in [2.05, 4.69) is 96.1 Å². The van der Waals surface area contributed by atoms with Gasteiger partial charge in [-0.3, -0.25) is 4.79 Å². The highest BCUT2D eigenvalue weighted by molar-refractivity contribution is 5.86. The van der Waals surface area contributed by atoms with Crippen molar-refractivity contribution in [2.24, 2.45) is 50.2 Å². The molecule has 0 saturated heterocycles. The largest absolute Gasteiger partial charge is 0.378 e. The Balaban J connectivity index is 1.61. The van der Waals surface area contributed by atoms with Gasteiger partial charge in [-0.05, 0) is 139 Å². The predicted molar refractivity (Wildman–Crippen MR) is 185 cm³/mol. The SMILES string of the molecule is CCC(=O)[C@]12CCC(C)(C)C[C@H]1C1=CC[C@H]3[C@@]4(C)CC(OC(C)C)C(OC(C)C)C(C)(COC(C)C)C4CC[C@@]3(C)[C@]1(C)CC2. The molecule has 0 aliphatic heterocycles. The van der Waals surface area contributed by atoms with E-state index in [1.54, 1.807) is 5.57 Å². The first-order valence-corrected chi connectivity index (χ1v) is 19.0.